The van der Waals surface area contributed by atoms with Crippen molar-refractivity contribution in [1.29, 1.82) is 0 Å². The van der Waals surface area contributed by atoms with Gasteiger partial charge in [-0.15, -0.1) is 0 Å². The van der Waals surface area contributed by atoms with Crippen LogP contribution in [0.4, 0.5) is 0 Å². The van der Waals surface area contributed by atoms with E-state index in [0.717, 1.165) is 0 Å². The molecular weight excluding hydrogens is 608 g/mol. The molecular formula is C28H38O17. The molecule has 17 heteroatoms. The van der Waals surface area contributed by atoms with E-state index in [9.17, 15) is 70.6 Å². The van der Waals surface area contributed by atoms with Crippen LogP contribution in [0.15, 0.2) is 11.3 Å². The van der Waals surface area contributed by atoms with Crippen molar-refractivity contribution in [2.24, 2.45) is 47.3 Å². The highest BCUT2D eigenvalue weighted by Gasteiger charge is 2.68. The fourth-order valence-electron chi connectivity index (χ4n) is 9.02. The minimum atomic E-state index is -2.17. The molecule has 0 amide bonds. The lowest BCUT2D eigenvalue weighted by atomic mass is 9.50. The van der Waals surface area contributed by atoms with Gasteiger partial charge in [-0.2, -0.15) is 0 Å². The van der Waals surface area contributed by atoms with Gasteiger partial charge in [0.25, 0.3) is 0 Å². The predicted octanol–water partition coefficient (Wildman–Crippen LogP) is -6.37. The molecule has 7 aliphatic rings. The van der Waals surface area contributed by atoms with Crippen molar-refractivity contribution < 1.29 is 84.8 Å². The van der Waals surface area contributed by atoms with Gasteiger partial charge in [0.2, 0.25) is 0 Å². The third-order valence-corrected chi connectivity index (χ3v) is 11.2. The van der Waals surface area contributed by atoms with E-state index in [-0.39, 0.29) is 5.57 Å². The van der Waals surface area contributed by atoms with E-state index >= 15 is 0 Å². The summed E-state index contributed by atoms with van der Waals surface area (Å²) in [6.45, 7) is 0.255. The Morgan fingerprint density at radius 2 is 1.11 bits per heavy atom. The van der Waals surface area contributed by atoms with Crippen LogP contribution >= 0.6 is 0 Å². The number of hydrogen-bond donors (Lipinski definition) is 11. The Labute approximate surface area is 254 Å². The molecule has 0 aromatic rings. The molecule has 0 radical (unpaired) electrons. The van der Waals surface area contributed by atoms with E-state index in [1.165, 1.54) is 6.92 Å². The van der Waals surface area contributed by atoms with Gasteiger partial charge < -0.3 is 70.4 Å². The summed E-state index contributed by atoms with van der Waals surface area (Å²) in [4.78, 5) is 41.7. The molecule has 17 nitrogen and oxygen atoms in total. The average molecular weight is 647 g/mol. The molecule has 11 N–H and O–H groups in total. The Hall–Kier alpha value is -2.29. The predicted molar refractivity (Wildman–Crippen MR) is 138 cm³/mol. The molecule has 0 spiro atoms. The topological polar surface area (TPSA) is 301 Å². The molecule has 4 aliphatic heterocycles. The van der Waals surface area contributed by atoms with Crippen LogP contribution in [0.3, 0.4) is 0 Å². The fraction of sp³-hybridized carbons (Fsp3) is 0.821. The average Bonchev–Trinajstić information content (AvgIpc) is 3.01. The Balaban J connectivity index is 1.67. The second-order valence-electron chi connectivity index (χ2n) is 13.2. The number of carbonyl (C=O) groups excluding carboxylic acids is 3. The molecule has 252 valence electrons. The Kier molecular flexibility index (Phi) is 8.30. The Morgan fingerprint density at radius 3 is 1.71 bits per heavy atom. The molecule has 7 rings (SSSR count). The molecule has 0 aromatic carbocycles. The first-order chi connectivity index (χ1) is 21.1. The van der Waals surface area contributed by atoms with Crippen molar-refractivity contribution >= 4 is 17.9 Å². The van der Waals surface area contributed by atoms with Gasteiger partial charge in [0, 0.05) is 29.6 Å². The maximum absolute atomic E-state index is 14.3. The van der Waals surface area contributed by atoms with Gasteiger partial charge >= 0.3 is 17.9 Å². The number of carbonyl (C=O) groups is 3. The standard InChI is InChI=1S/C28H38O17/c1-4-8-13-11(20(36)22(38)17(8)33)12-14-10(19(35)23(39)21(12)37)9-5(2-6(30)15(31)18(9)34)26(40)43-7(3-29)16(32)25(45-28(14)42)24(4)44-27(13)41/h5-23,25,29-39H,2-3H2,1H3/t5?,6?,7-,8?,9?,10?,11?,12?,13?,14?,15?,16-,17?,18?,19?,20?,21?,22?,23?,25+/m1/s1. The first-order valence-corrected chi connectivity index (χ1v) is 14.9. The summed E-state index contributed by atoms with van der Waals surface area (Å²) in [5, 5.41) is 121. The molecule has 3 aliphatic carbocycles. The van der Waals surface area contributed by atoms with Crippen molar-refractivity contribution in [1.82, 2.24) is 0 Å². The third-order valence-electron chi connectivity index (χ3n) is 11.2. The van der Waals surface area contributed by atoms with Crippen LogP contribution in [0.2, 0.25) is 0 Å². The van der Waals surface area contributed by atoms with E-state index in [2.05, 4.69) is 0 Å². The number of hydrogen-bond acceptors (Lipinski definition) is 17. The Bertz CT molecular complexity index is 1260. The lowest BCUT2D eigenvalue weighted by molar-refractivity contribution is -0.251. The third kappa shape index (κ3) is 4.59. The number of aliphatic hydroxyl groups is 11. The lowest BCUT2D eigenvalue weighted by Crippen LogP contribution is -2.70. The summed E-state index contributed by atoms with van der Waals surface area (Å²) in [6.07, 6.45) is -24.7. The van der Waals surface area contributed by atoms with Gasteiger partial charge in [0.1, 0.15) is 24.4 Å². The summed E-state index contributed by atoms with van der Waals surface area (Å²) < 4.78 is 16.6. The van der Waals surface area contributed by atoms with Crippen LogP contribution in [-0.4, -0.2) is 154 Å². The highest BCUT2D eigenvalue weighted by molar-refractivity contribution is 5.80. The lowest BCUT2D eigenvalue weighted by Gasteiger charge is -2.58. The second-order valence-corrected chi connectivity index (χ2v) is 13.2. The number of cyclic esters (lactones) is 1. The zero-order chi connectivity index (χ0) is 33.0. The molecule has 2 saturated heterocycles. The zero-order valence-corrected chi connectivity index (χ0v) is 23.8. The van der Waals surface area contributed by atoms with E-state index in [1.807, 2.05) is 0 Å². The molecule has 17 unspecified atom stereocenters. The smallest absolute Gasteiger partial charge is 0.315 e. The Morgan fingerprint density at radius 1 is 0.578 bits per heavy atom. The number of aliphatic hydroxyl groups excluding tert-OH is 11. The van der Waals surface area contributed by atoms with E-state index in [4.69, 9.17) is 14.2 Å². The number of rotatable bonds is 1. The van der Waals surface area contributed by atoms with Crippen LogP contribution < -0.4 is 0 Å². The van der Waals surface area contributed by atoms with Crippen LogP contribution in [0.5, 0.6) is 0 Å². The summed E-state index contributed by atoms with van der Waals surface area (Å²) in [5.41, 5.74) is -0.0194. The number of ether oxygens (including phenoxy) is 3. The van der Waals surface area contributed by atoms with Crippen molar-refractivity contribution in [3.63, 3.8) is 0 Å². The molecule has 5 fully saturated rings. The SMILES string of the molecule is CC1=C2OC(=O)C3C1C(O)C(O)C(O)C3C1C(O)C(O)C(O)C3C1C(=O)O[C@H]2[C@H](O)[C@@H](CO)OC(=O)C1CC(O)C(O)C(O)C13. The van der Waals surface area contributed by atoms with E-state index in [0.29, 0.717) is 0 Å². The monoisotopic (exact) mass is 646 g/mol. The van der Waals surface area contributed by atoms with Crippen LogP contribution in [0.25, 0.3) is 0 Å². The summed E-state index contributed by atoms with van der Waals surface area (Å²) in [7, 11) is 0. The van der Waals surface area contributed by atoms with E-state index in [1.54, 1.807) is 0 Å². The van der Waals surface area contributed by atoms with Gasteiger partial charge in [-0.05, 0) is 18.9 Å². The van der Waals surface area contributed by atoms with Crippen molar-refractivity contribution in [2.75, 3.05) is 6.61 Å². The minimum absolute atomic E-state index is 0.0194. The van der Waals surface area contributed by atoms with Crippen LogP contribution in [0.1, 0.15) is 13.3 Å². The largest absolute Gasteiger partial charge is 0.457 e. The van der Waals surface area contributed by atoms with Crippen molar-refractivity contribution in [2.45, 2.75) is 86.6 Å². The zero-order valence-electron chi connectivity index (χ0n) is 23.8. The first-order valence-electron chi connectivity index (χ1n) is 14.9. The molecule has 0 aromatic heterocycles. The fourth-order valence-corrected chi connectivity index (χ4v) is 9.02. The molecule has 45 heavy (non-hydrogen) atoms. The summed E-state index contributed by atoms with van der Waals surface area (Å²) in [5.74, 6) is -17.7. The quantitative estimate of drug-likeness (QED) is 0.0932. The summed E-state index contributed by atoms with van der Waals surface area (Å²) >= 11 is 0. The summed E-state index contributed by atoms with van der Waals surface area (Å²) in [6, 6.07) is 0. The molecule has 20 atom stereocenters. The van der Waals surface area contributed by atoms with Gasteiger partial charge in [0.15, 0.2) is 18.0 Å². The first kappa shape index (κ1) is 32.6. The molecule has 3 saturated carbocycles. The van der Waals surface area contributed by atoms with Gasteiger partial charge in [0.05, 0.1) is 61.0 Å². The normalized spacial score (nSPS) is 54.8. The number of esters is 3. The highest BCUT2D eigenvalue weighted by atomic mass is 16.6. The van der Waals surface area contributed by atoms with Crippen LogP contribution in [0, 0.1) is 47.3 Å². The maximum atomic E-state index is 14.3. The van der Waals surface area contributed by atoms with Gasteiger partial charge in [-0.1, -0.05) is 0 Å². The molecule has 4 heterocycles. The van der Waals surface area contributed by atoms with E-state index < -0.39 is 157 Å². The van der Waals surface area contributed by atoms with Gasteiger partial charge in [-0.3, -0.25) is 14.4 Å². The maximum Gasteiger partial charge on any atom is 0.315 e. The van der Waals surface area contributed by atoms with Crippen molar-refractivity contribution in [3.8, 4) is 0 Å². The van der Waals surface area contributed by atoms with Gasteiger partial charge in [-0.25, -0.2) is 0 Å². The number of fused-ring (bicyclic) bond motifs is 3. The molecule has 6 bridgehead atoms. The minimum Gasteiger partial charge on any atom is -0.457 e. The second kappa shape index (κ2) is 11.4. The highest BCUT2D eigenvalue weighted by Crippen LogP contribution is 2.56. The van der Waals surface area contributed by atoms with Crippen LogP contribution in [-0.2, 0) is 28.6 Å². The van der Waals surface area contributed by atoms with Crippen molar-refractivity contribution in [3.05, 3.63) is 11.3 Å².